The van der Waals surface area contributed by atoms with E-state index in [0.29, 0.717) is 15.8 Å². The van der Waals surface area contributed by atoms with E-state index in [2.05, 4.69) is 24.1 Å². The number of benzene rings is 1. The largest absolute Gasteiger partial charge is 0.476 e. The first-order valence-electron chi connectivity index (χ1n) is 6.68. The van der Waals surface area contributed by atoms with Gasteiger partial charge in [-0.15, -0.1) is 23.1 Å². The van der Waals surface area contributed by atoms with Gasteiger partial charge < -0.3 is 10.4 Å². The molecule has 116 valence electrons. The Morgan fingerprint density at radius 2 is 2.00 bits per heavy atom. The smallest absolute Gasteiger partial charge is 0.355 e. The second kappa shape index (κ2) is 7.42. The first-order valence-corrected chi connectivity index (χ1v) is 8.44. The molecule has 0 bridgehead atoms. The number of carbonyl (C=O) groups is 2. The number of nitrogens with zero attached hydrogens (tertiary/aromatic N) is 1. The van der Waals surface area contributed by atoms with Crippen LogP contribution in [-0.2, 0) is 6.54 Å². The maximum Gasteiger partial charge on any atom is 0.355 e. The Hall–Kier alpha value is -1.86. The molecule has 0 fully saturated rings. The van der Waals surface area contributed by atoms with E-state index >= 15 is 0 Å². The Bertz CT molecular complexity index is 666. The van der Waals surface area contributed by atoms with Gasteiger partial charge in [0.15, 0.2) is 5.69 Å². The summed E-state index contributed by atoms with van der Waals surface area (Å²) < 4.78 is 0. The summed E-state index contributed by atoms with van der Waals surface area (Å²) in [6.45, 7) is 4.45. The highest BCUT2D eigenvalue weighted by Crippen LogP contribution is 2.22. The predicted octanol–water partition coefficient (Wildman–Crippen LogP) is 3.27. The number of thiazole rings is 1. The molecule has 5 nitrogen and oxygen atoms in total. The van der Waals surface area contributed by atoms with Crippen LogP contribution in [0.1, 0.15) is 39.7 Å². The van der Waals surface area contributed by atoms with Crippen LogP contribution in [0, 0.1) is 0 Å². The molecule has 0 saturated carbocycles. The minimum absolute atomic E-state index is 0.00399. The van der Waals surface area contributed by atoms with E-state index in [9.17, 15) is 9.59 Å². The molecule has 22 heavy (non-hydrogen) atoms. The molecule has 0 saturated heterocycles. The van der Waals surface area contributed by atoms with E-state index in [0.717, 1.165) is 4.90 Å². The number of carboxylic acids is 1. The lowest BCUT2D eigenvalue weighted by atomic mass is 10.2. The predicted molar refractivity (Wildman–Crippen MR) is 87.7 cm³/mol. The molecule has 2 aromatic rings. The highest BCUT2D eigenvalue weighted by Gasteiger charge is 2.10. The SMILES string of the molecule is CC(C)Sc1ccc(C(=O)NCc2nc(C(=O)O)cs2)cc1. The number of carbonyl (C=O) groups excluding carboxylic acids is 1. The van der Waals surface area contributed by atoms with Gasteiger partial charge >= 0.3 is 5.97 Å². The number of aromatic carboxylic acids is 1. The Morgan fingerprint density at radius 3 is 2.55 bits per heavy atom. The lowest BCUT2D eigenvalue weighted by Crippen LogP contribution is -2.22. The van der Waals surface area contributed by atoms with Crippen LogP contribution in [0.5, 0.6) is 0 Å². The van der Waals surface area contributed by atoms with Gasteiger partial charge in [0, 0.05) is 21.1 Å². The molecule has 2 N–H and O–H groups in total. The second-order valence-corrected chi connectivity index (χ2v) is 7.40. The van der Waals surface area contributed by atoms with Gasteiger partial charge in [0.05, 0.1) is 6.54 Å². The average Bonchev–Trinajstić information content (AvgIpc) is 2.94. The maximum atomic E-state index is 12.0. The summed E-state index contributed by atoms with van der Waals surface area (Å²) in [5, 5.41) is 14.1. The van der Waals surface area contributed by atoms with Crippen molar-refractivity contribution < 1.29 is 14.7 Å². The summed E-state index contributed by atoms with van der Waals surface area (Å²) in [4.78, 5) is 27.8. The fraction of sp³-hybridized carbons (Fsp3) is 0.267. The molecule has 7 heteroatoms. The summed E-state index contributed by atoms with van der Waals surface area (Å²) in [6, 6.07) is 7.41. The van der Waals surface area contributed by atoms with Gasteiger partial charge in [-0.25, -0.2) is 9.78 Å². The van der Waals surface area contributed by atoms with Gasteiger partial charge in [0.2, 0.25) is 0 Å². The molecule has 1 aromatic heterocycles. The zero-order valence-corrected chi connectivity index (χ0v) is 13.8. The van der Waals surface area contributed by atoms with Crippen LogP contribution in [0.15, 0.2) is 34.5 Å². The molecular weight excluding hydrogens is 320 g/mol. The fourth-order valence-corrected chi connectivity index (χ4v) is 3.25. The summed E-state index contributed by atoms with van der Waals surface area (Å²) in [7, 11) is 0. The zero-order valence-electron chi connectivity index (χ0n) is 12.2. The molecule has 0 aliphatic carbocycles. The van der Waals surface area contributed by atoms with Crippen molar-refractivity contribution in [1.82, 2.24) is 10.3 Å². The number of rotatable bonds is 6. The van der Waals surface area contributed by atoms with E-state index in [1.54, 1.807) is 23.9 Å². The molecule has 0 atom stereocenters. The van der Waals surface area contributed by atoms with Crippen molar-refractivity contribution in [3.63, 3.8) is 0 Å². The number of hydrogen-bond acceptors (Lipinski definition) is 5. The molecule has 1 heterocycles. The van der Waals surface area contributed by atoms with E-state index < -0.39 is 5.97 Å². The Labute approximate surface area is 136 Å². The topological polar surface area (TPSA) is 79.3 Å². The van der Waals surface area contributed by atoms with E-state index in [-0.39, 0.29) is 18.1 Å². The van der Waals surface area contributed by atoms with Crippen molar-refractivity contribution in [2.45, 2.75) is 30.5 Å². The van der Waals surface area contributed by atoms with Crippen LogP contribution in [0.4, 0.5) is 0 Å². The quantitative estimate of drug-likeness (QED) is 0.792. The first kappa shape index (κ1) is 16.5. The normalized spacial score (nSPS) is 10.7. The summed E-state index contributed by atoms with van der Waals surface area (Å²) >= 11 is 2.95. The van der Waals surface area contributed by atoms with Gasteiger partial charge in [0.25, 0.3) is 5.91 Å². The Morgan fingerprint density at radius 1 is 1.32 bits per heavy atom. The lowest BCUT2D eigenvalue weighted by molar-refractivity contribution is 0.0691. The van der Waals surface area contributed by atoms with E-state index in [1.165, 1.54) is 16.7 Å². The second-order valence-electron chi connectivity index (χ2n) is 4.81. The molecule has 0 unspecified atom stereocenters. The van der Waals surface area contributed by atoms with Crippen LogP contribution < -0.4 is 5.32 Å². The van der Waals surface area contributed by atoms with Gasteiger partial charge in [0.1, 0.15) is 5.01 Å². The third-order valence-corrected chi connectivity index (χ3v) is 4.52. The average molecular weight is 336 g/mol. The van der Waals surface area contributed by atoms with Crippen molar-refractivity contribution in [2.24, 2.45) is 0 Å². The van der Waals surface area contributed by atoms with Crippen molar-refractivity contribution in [3.05, 3.63) is 45.9 Å². The Balaban J connectivity index is 1.92. The third kappa shape index (κ3) is 4.57. The molecule has 0 radical (unpaired) electrons. The van der Waals surface area contributed by atoms with E-state index in [1.807, 2.05) is 12.1 Å². The van der Waals surface area contributed by atoms with Crippen molar-refractivity contribution in [2.75, 3.05) is 0 Å². The lowest BCUT2D eigenvalue weighted by Gasteiger charge is -2.06. The number of nitrogens with one attached hydrogen (secondary N) is 1. The number of hydrogen-bond donors (Lipinski definition) is 2. The molecule has 1 aromatic carbocycles. The molecule has 2 rings (SSSR count). The van der Waals surface area contributed by atoms with Crippen LogP contribution >= 0.6 is 23.1 Å². The molecule has 1 amide bonds. The van der Waals surface area contributed by atoms with Crippen molar-refractivity contribution in [3.8, 4) is 0 Å². The summed E-state index contributed by atoms with van der Waals surface area (Å²) in [6.07, 6.45) is 0. The van der Waals surface area contributed by atoms with E-state index in [4.69, 9.17) is 5.11 Å². The minimum atomic E-state index is -1.06. The fourth-order valence-electron chi connectivity index (χ4n) is 1.71. The van der Waals surface area contributed by atoms with Crippen LogP contribution in [0.25, 0.3) is 0 Å². The monoisotopic (exact) mass is 336 g/mol. The Kier molecular flexibility index (Phi) is 5.57. The number of carboxylic acid groups (broad SMARTS) is 1. The molecule has 0 aliphatic heterocycles. The number of aromatic nitrogens is 1. The van der Waals surface area contributed by atoms with Crippen molar-refractivity contribution >= 4 is 35.0 Å². The van der Waals surface area contributed by atoms with Gasteiger partial charge in [-0.1, -0.05) is 13.8 Å². The number of thioether (sulfide) groups is 1. The standard InChI is InChI=1S/C15H16N2O3S2/c1-9(2)22-11-5-3-10(4-6-11)14(18)16-7-13-17-12(8-21-13)15(19)20/h3-6,8-9H,7H2,1-2H3,(H,16,18)(H,19,20). The number of amides is 1. The molecule has 0 aliphatic rings. The summed E-state index contributed by atoms with van der Waals surface area (Å²) in [5.41, 5.74) is 0.576. The summed E-state index contributed by atoms with van der Waals surface area (Å²) in [5.74, 6) is -1.26. The van der Waals surface area contributed by atoms with Crippen LogP contribution in [0.3, 0.4) is 0 Å². The maximum absolute atomic E-state index is 12.0. The van der Waals surface area contributed by atoms with Gasteiger partial charge in [-0.2, -0.15) is 0 Å². The minimum Gasteiger partial charge on any atom is -0.476 e. The molecular formula is C15H16N2O3S2. The van der Waals surface area contributed by atoms with Gasteiger partial charge in [-0.3, -0.25) is 4.79 Å². The first-order chi connectivity index (χ1) is 10.5. The van der Waals surface area contributed by atoms with Crippen molar-refractivity contribution in [1.29, 1.82) is 0 Å². The van der Waals surface area contributed by atoms with Crippen LogP contribution in [0.2, 0.25) is 0 Å². The molecule has 0 spiro atoms. The third-order valence-electron chi connectivity index (χ3n) is 2.66. The highest BCUT2D eigenvalue weighted by molar-refractivity contribution is 7.99. The van der Waals surface area contributed by atoms with Gasteiger partial charge in [-0.05, 0) is 24.3 Å². The zero-order chi connectivity index (χ0) is 16.1. The highest BCUT2D eigenvalue weighted by atomic mass is 32.2. The van der Waals surface area contributed by atoms with Crippen LogP contribution in [-0.4, -0.2) is 27.2 Å².